The molecule has 1 aromatic rings. The first-order valence-corrected chi connectivity index (χ1v) is 7.40. The Bertz CT molecular complexity index is 443. The molecule has 0 fully saturated rings. The van der Waals surface area contributed by atoms with Crippen LogP contribution < -0.4 is 5.73 Å². The van der Waals surface area contributed by atoms with Crippen LogP contribution in [0.25, 0.3) is 0 Å². The molecule has 1 rings (SSSR count). The third-order valence-corrected chi connectivity index (χ3v) is 3.47. The van der Waals surface area contributed by atoms with Gasteiger partial charge in [0.25, 0.3) is 0 Å². The number of nitrogens with zero attached hydrogens (tertiary/aromatic N) is 1. The molecule has 2 N–H and O–H groups in total. The first kappa shape index (κ1) is 17.6. The number of nitrogens with two attached hydrogens (primary N) is 1. The van der Waals surface area contributed by atoms with Crippen molar-refractivity contribution in [1.29, 1.82) is 0 Å². The standard InChI is InChI=1S/C18H27FN2/c1-5-11-21(12-6-2)14-18(20,13-15(3)4)16-7-9-17(19)10-8-16/h5-10,15H,1-2,11-14,20H2,3-4H3. The molecule has 2 nitrogen and oxygen atoms in total. The number of hydrogen-bond donors (Lipinski definition) is 1. The van der Waals surface area contributed by atoms with Gasteiger partial charge in [-0.3, -0.25) is 4.90 Å². The molecule has 0 spiro atoms. The van der Waals surface area contributed by atoms with E-state index >= 15 is 0 Å². The summed E-state index contributed by atoms with van der Waals surface area (Å²) in [6.45, 7) is 14.1. The Kier molecular flexibility index (Phi) is 6.79. The van der Waals surface area contributed by atoms with Gasteiger partial charge in [-0.25, -0.2) is 4.39 Å². The lowest BCUT2D eigenvalue weighted by Gasteiger charge is -2.36. The molecule has 0 aliphatic carbocycles. The normalized spacial score (nSPS) is 14.2. The molecule has 1 atom stereocenters. The molecule has 0 bridgehead atoms. The van der Waals surface area contributed by atoms with Gasteiger partial charge in [-0.1, -0.05) is 38.1 Å². The molecule has 0 amide bonds. The molecule has 3 heteroatoms. The lowest BCUT2D eigenvalue weighted by Crippen LogP contribution is -2.48. The molecule has 0 saturated heterocycles. The average molecular weight is 290 g/mol. The minimum atomic E-state index is -0.506. The molecule has 0 heterocycles. The minimum Gasteiger partial charge on any atom is -0.320 e. The van der Waals surface area contributed by atoms with E-state index in [0.717, 1.165) is 25.1 Å². The van der Waals surface area contributed by atoms with Crippen LogP contribution in [-0.4, -0.2) is 24.5 Å². The molecular weight excluding hydrogens is 263 g/mol. The second-order valence-electron chi connectivity index (χ2n) is 6.03. The van der Waals surface area contributed by atoms with E-state index in [4.69, 9.17) is 5.73 Å². The summed E-state index contributed by atoms with van der Waals surface area (Å²) in [5.41, 5.74) is 7.16. The summed E-state index contributed by atoms with van der Waals surface area (Å²) >= 11 is 0. The Morgan fingerprint density at radius 3 is 2.14 bits per heavy atom. The Morgan fingerprint density at radius 2 is 1.71 bits per heavy atom. The van der Waals surface area contributed by atoms with Crippen molar-refractivity contribution in [3.8, 4) is 0 Å². The van der Waals surface area contributed by atoms with Crippen LogP contribution in [0.1, 0.15) is 25.8 Å². The van der Waals surface area contributed by atoms with E-state index in [2.05, 4.69) is 31.9 Å². The van der Waals surface area contributed by atoms with Crippen LogP contribution in [0, 0.1) is 11.7 Å². The van der Waals surface area contributed by atoms with E-state index in [-0.39, 0.29) is 5.82 Å². The average Bonchev–Trinajstić information content (AvgIpc) is 2.38. The van der Waals surface area contributed by atoms with Gasteiger partial charge in [0.2, 0.25) is 0 Å². The largest absolute Gasteiger partial charge is 0.320 e. The molecule has 21 heavy (non-hydrogen) atoms. The molecule has 0 aromatic heterocycles. The maximum atomic E-state index is 13.2. The van der Waals surface area contributed by atoms with E-state index in [1.807, 2.05) is 12.2 Å². The zero-order valence-electron chi connectivity index (χ0n) is 13.2. The van der Waals surface area contributed by atoms with Gasteiger partial charge >= 0.3 is 0 Å². The van der Waals surface area contributed by atoms with Gasteiger partial charge in [0.15, 0.2) is 0 Å². The maximum Gasteiger partial charge on any atom is 0.123 e. The molecular formula is C18H27FN2. The van der Waals surface area contributed by atoms with E-state index in [0.29, 0.717) is 12.5 Å². The van der Waals surface area contributed by atoms with Gasteiger partial charge in [-0.15, -0.1) is 13.2 Å². The van der Waals surface area contributed by atoms with Crippen molar-refractivity contribution in [3.63, 3.8) is 0 Å². The van der Waals surface area contributed by atoms with Gasteiger partial charge in [0.1, 0.15) is 5.82 Å². The topological polar surface area (TPSA) is 29.3 Å². The number of benzene rings is 1. The van der Waals surface area contributed by atoms with E-state index < -0.39 is 5.54 Å². The molecule has 1 unspecified atom stereocenters. The van der Waals surface area contributed by atoms with Crippen molar-refractivity contribution in [2.24, 2.45) is 11.7 Å². The second kappa shape index (κ2) is 8.11. The highest BCUT2D eigenvalue weighted by Crippen LogP contribution is 2.27. The van der Waals surface area contributed by atoms with E-state index in [9.17, 15) is 4.39 Å². The fourth-order valence-corrected chi connectivity index (χ4v) is 2.75. The SMILES string of the molecule is C=CCN(CC=C)CC(N)(CC(C)C)c1ccc(F)cc1. The van der Waals surface area contributed by atoms with Gasteiger partial charge in [-0.2, -0.15) is 0 Å². The summed E-state index contributed by atoms with van der Waals surface area (Å²) in [6.07, 6.45) is 4.57. The number of rotatable bonds is 9. The second-order valence-corrected chi connectivity index (χ2v) is 6.03. The smallest absolute Gasteiger partial charge is 0.123 e. The maximum absolute atomic E-state index is 13.2. The quantitative estimate of drug-likeness (QED) is 0.703. The van der Waals surface area contributed by atoms with Crippen LogP contribution in [0.15, 0.2) is 49.6 Å². The van der Waals surface area contributed by atoms with Gasteiger partial charge in [0.05, 0.1) is 5.54 Å². The zero-order chi connectivity index (χ0) is 15.9. The minimum absolute atomic E-state index is 0.236. The predicted octanol–water partition coefficient (Wildman–Crippen LogP) is 3.70. The fourth-order valence-electron chi connectivity index (χ4n) is 2.75. The summed E-state index contributed by atoms with van der Waals surface area (Å²) in [5, 5.41) is 0. The first-order valence-electron chi connectivity index (χ1n) is 7.40. The van der Waals surface area contributed by atoms with E-state index in [1.165, 1.54) is 12.1 Å². The predicted molar refractivity (Wildman–Crippen MR) is 88.6 cm³/mol. The van der Waals surface area contributed by atoms with Crippen molar-refractivity contribution < 1.29 is 4.39 Å². The Balaban J connectivity index is 3.03. The van der Waals surface area contributed by atoms with E-state index in [1.54, 1.807) is 12.1 Å². The highest BCUT2D eigenvalue weighted by molar-refractivity contribution is 5.25. The lowest BCUT2D eigenvalue weighted by atomic mass is 9.82. The molecule has 0 aliphatic heterocycles. The summed E-state index contributed by atoms with van der Waals surface area (Å²) in [4.78, 5) is 2.20. The summed E-state index contributed by atoms with van der Waals surface area (Å²) in [6, 6.07) is 6.53. The fraction of sp³-hybridized carbons (Fsp3) is 0.444. The van der Waals surface area contributed by atoms with Crippen molar-refractivity contribution in [2.45, 2.75) is 25.8 Å². The third kappa shape index (κ3) is 5.44. The highest BCUT2D eigenvalue weighted by Gasteiger charge is 2.30. The van der Waals surface area contributed by atoms with Gasteiger partial charge in [-0.05, 0) is 30.0 Å². The Labute approximate surface area is 128 Å². The lowest BCUT2D eigenvalue weighted by molar-refractivity contribution is 0.217. The third-order valence-electron chi connectivity index (χ3n) is 3.47. The summed E-state index contributed by atoms with van der Waals surface area (Å²) < 4.78 is 13.2. The Morgan fingerprint density at radius 1 is 1.19 bits per heavy atom. The highest BCUT2D eigenvalue weighted by atomic mass is 19.1. The summed E-state index contributed by atoms with van der Waals surface area (Å²) in [7, 11) is 0. The monoisotopic (exact) mass is 290 g/mol. The Hall–Kier alpha value is -1.45. The van der Waals surface area contributed by atoms with Crippen LogP contribution in [-0.2, 0) is 5.54 Å². The van der Waals surface area contributed by atoms with Crippen molar-refractivity contribution >= 4 is 0 Å². The molecule has 0 aliphatic rings. The molecule has 116 valence electrons. The molecule has 0 radical (unpaired) electrons. The van der Waals surface area contributed by atoms with Crippen LogP contribution in [0.3, 0.4) is 0 Å². The van der Waals surface area contributed by atoms with Crippen LogP contribution in [0.2, 0.25) is 0 Å². The zero-order valence-corrected chi connectivity index (χ0v) is 13.2. The number of hydrogen-bond acceptors (Lipinski definition) is 2. The number of halogens is 1. The van der Waals surface area contributed by atoms with Crippen LogP contribution in [0.5, 0.6) is 0 Å². The van der Waals surface area contributed by atoms with Gasteiger partial charge in [0, 0.05) is 19.6 Å². The van der Waals surface area contributed by atoms with Crippen LogP contribution in [0.4, 0.5) is 4.39 Å². The van der Waals surface area contributed by atoms with Crippen molar-refractivity contribution in [2.75, 3.05) is 19.6 Å². The molecule has 1 aromatic carbocycles. The van der Waals surface area contributed by atoms with Crippen molar-refractivity contribution in [1.82, 2.24) is 4.90 Å². The first-order chi connectivity index (χ1) is 9.91. The van der Waals surface area contributed by atoms with Gasteiger partial charge < -0.3 is 5.73 Å². The van der Waals surface area contributed by atoms with Crippen molar-refractivity contribution in [3.05, 3.63) is 61.0 Å². The molecule has 0 saturated carbocycles. The summed E-state index contributed by atoms with van der Waals surface area (Å²) in [5.74, 6) is 0.217. The van der Waals surface area contributed by atoms with Crippen LogP contribution >= 0.6 is 0 Å².